The minimum absolute atomic E-state index is 0.0125. The lowest BCUT2D eigenvalue weighted by atomic mass is 9.98. The molecular weight excluding hydrogens is 361 g/mol. The third kappa shape index (κ3) is 5.33. The highest BCUT2D eigenvalue weighted by Gasteiger charge is 2.22. The van der Waals surface area contributed by atoms with Crippen molar-refractivity contribution in [3.63, 3.8) is 0 Å². The van der Waals surface area contributed by atoms with Crippen molar-refractivity contribution in [1.82, 2.24) is 0 Å². The first-order valence-corrected chi connectivity index (χ1v) is 8.57. The van der Waals surface area contributed by atoms with E-state index in [0.29, 0.717) is 23.0 Å². The average molecular weight is 383 g/mol. The summed E-state index contributed by atoms with van der Waals surface area (Å²) in [7, 11) is 0. The number of hydrogen-bond donors (Lipinski definition) is 1. The zero-order valence-electron chi connectivity index (χ0n) is 16.0. The molecule has 0 saturated carbocycles. The predicted molar refractivity (Wildman–Crippen MR) is 107 cm³/mol. The summed E-state index contributed by atoms with van der Waals surface area (Å²) < 4.78 is 19.4. The van der Waals surface area contributed by atoms with Crippen LogP contribution in [-0.2, 0) is 9.53 Å². The first kappa shape index (κ1) is 21.0. The summed E-state index contributed by atoms with van der Waals surface area (Å²) in [4.78, 5) is 30.4. The Labute approximate surface area is 163 Å². The third-order valence-corrected chi connectivity index (χ3v) is 3.79. The number of ether oxygens (including phenoxy) is 1. The number of benzene rings is 2. The molecule has 2 rings (SSSR count). The van der Waals surface area contributed by atoms with Gasteiger partial charge in [-0.1, -0.05) is 30.3 Å². The molecule has 0 aliphatic heterocycles. The van der Waals surface area contributed by atoms with Crippen LogP contribution >= 0.6 is 0 Å². The molecule has 2 aromatic rings. The van der Waals surface area contributed by atoms with Gasteiger partial charge in [0.15, 0.2) is 13.0 Å². The van der Waals surface area contributed by atoms with Gasteiger partial charge in [0.25, 0.3) is 0 Å². The van der Waals surface area contributed by atoms with Gasteiger partial charge in [-0.3, -0.25) is 9.59 Å². The molecule has 146 valence electrons. The standard InChI is InChI=1S/C21H22FN3O3/c1-21(2,3)20(27)28-13-24-12-25-19(23)15-7-4-6-14(10-15)17-9-5-8-16(11-26)18(17)22/h4-12H,13H2,1-3H3,(H2,23,24,25). The molecule has 0 unspecified atom stereocenters. The molecule has 0 fully saturated rings. The lowest BCUT2D eigenvalue weighted by Crippen LogP contribution is -2.22. The van der Waals surface area contributed by atoms with Gasteiger partial charge in [-0.2, -0.15) is 0 Å². The number of hydrogen-bond acceptors (Lipinski definition) is 4. The van der Waals surface area contributed by atoms with Crippen molar-refractivity contribution >= 4 is 24.4 Å². The van der Waals surface area contributed by atoms with Crippen molar-refractivity contribution in [3.05, 3.63) is 59.4 Å². The largest absolute Gasteiger partial charge is 0.442 e. The minimum Gasteiger partial charge on any atom is -0.442 e. The van der Waals surface area contributed by atoms with E-state index in [2.05, 4.69) is 9.98 Å². The lowest BCUT2D eigenvalue weighted by molar-refractivity contribution is -0.152. The molecule has 0 aliphatic carbocycles. The molecule has 6 nitrogen and oxygen atoms in total. The SMILES string of the molecule is CC(C)(C)C(=O)OC/N=C/N=C(N)c1cccc(-c2cccc(C=O)c2F)c1. The molecule has 2 N–H and O–H groups in total. The van der Waals surface area contributed by atoms with Gasteiger partial charge in [-0.15, -0.1) is 0 Å². The van der Waals surface area contributed by atoms with E-state index in [1.165, 1.54) is 12.4 Å². The van der Waals surface area contributed by atoms with Gasteiger partial charge in [-0.05, 0) is 38.5 Å². The highest BCUT2D eigenvalue weighted by Crippen LogP contribution is 2.25. The van der Waals surface area contributed by atoms with Crippen LogP contribution in [0.25, 0.3) is 11.1 Å². The summed E-state index contributed by atoms with van der Waals surface area (Å²) in [6.45, 7) is 5.08. The fourth-order valence-corrected chi connectivity index (χ4v) is 2.23. The van der Waals surface area contributed by atoms with Gasteiger partial charge in [0, 0.05) is 11.1 Å². The van der Waals surface area contributed by atoms with E-state index in [1.807, 2.05) is 0 Å². The maximum atomic E-state index is 14.4. The Kier molecular flexibility index (Phi) is 6.76. The number of esters is 1. The maximum Gasteiger partial charge on any atom is 0.313 e. The second-order valence-corrected chi connectivity index (χ2v) is 7.03. The van der Waals surface area contributed by atoms with Gasteiger partial charge >= 0.3 is 5.97 Å². The Hall–Kier alpha value is -3.35. The van der Waals surface area contributed by atoms with E-state index in [0.717, 1.165) is 0 Å². The molecule has 2 aromatic carbocycles. The van der Waals surface area contributed by atoms with E-state index >= 15 is 0 Å². The molecule has 7 heteroatoms. The van der Waals surface area contributed by atoms with Crippen molar-refractivity contribution < 1.29 is 18.7 Å². The van der Waals surface area contributed by atoms with Crippen molar-refractivity contribution in [2.45, 2.75) is 20.8 Å². The topological polar surface area (TPSA) is 94.1 Å². The van der Waals surface area contributed by atoms with Crippen LogP contribution in [0.3, 0.4) is 0 Å². The lowest BCUT2D eigenvalue weighted by Gasteiger charge is -2.14. The van der Waals surface area contributed by atoms with Crippen molar-refractivity contribution in [2.75, 3.05) is 6.73 Å². The zero-order valence-corrected chi connectivity index (χ0v) is 16.0. The number of nitrogens with zero attached hydrogens (tertiary/aromatic N) is 2. The average Bonchev–Trinajstić information content (AvgIpc) is 2.67. The summed E-state index contributed by atoms with van der Waals surface area (Å²) in [6.07, 6.45) is 1.67. The number of nitrogens with two attached hydrogens (primary N) is 1. The van der Waals surface area contributed by atoms with Crippen LogP contribution in [-0.4, -0.2) is 31.2 Å². The Balaban J connectivity index is 2.13. The number of aldehydes is 1. The van der Waals surface area contributed by atoms with Crippen LogP contribution in [0, 0.1) is 11.2 Å². The number of carbonyl (C=O) groups is 2. The van der Waals surface area contributed by atoms with Crippen LogP contribution in [0.4, 0.5) is 4.39 Å². The monoisotopic (exact) mass is 383 g/mol. The van der Waals surface area contributed by atoms with E-state index in [9.17, 15) is 14.0 Å². The summed E-state index contributed by atoms with van der Waals surface area (Å²) in [5, 5.41) is 0. The van der Waals surface area contributed by atoms with Crippen LogP contribution in [0.15, 0.2) is 52.4 Å². The van der Waals surface area contributed by atoms with E-state index in [1.54, 1.807) is 57.2 Å². The first-order chi connectivity index (χ1) is 13.2. The van der Waals surface area contributed by atoms with Crippen LogP contribution < -0.4 is 5.73 Å². The number of amidine groups is 1. The second-order valence-electron chi connectivity index (χ2n) is 7.03. The van der Waals surface area contributed by atoms with Crippen molar-refractivity contribution in [2.24, 2.45) is 21.1 Å². The third-order valence-electron chi connectivity index (χ3n) is 3.79. The van der Waals surface area contributed by atoms with Crippen LogP contribution in [0.5, 0.6) is 0 Å². The van der Waals surface area contributed by atoms with Gasteiger partial charge in [0.1, 0.15) is 18.0 Å². The van der Waals surface area contributed by atoms with Gasteiger partial charge in [-0.25, -0.2) is 14.4 Å². The normalized spacial score (nSPS) is 12.2. The molecule has 0 heterocycles. The molecular formula is C21H22FN3O3. The predicted octanol–water partition coefficient (Wildman–Crippen LogP) is 3.59. The van der Waals surface area contributed by atoms with Gasteiger partial charge < -0.3 is 10.5 Å². The number of carbonyl (C=O) groups excluding carboxylic acids is 2. The molecule has 0 spiro atoms. The van der Waals surface area contributed by atoms with Gasteiger partial charge in [0.2, 0.25) is 0 Å². The second kappa shape index (κ2) is 9.03. The smallest absolute Gasteiger partial charge is 0.313 e. The molecule has 0 saturated heterocycles. The van der Waals surface area contributed by atoms with E-state index < -0.39 is 11.2 Å². The summed E-state index contributed by atoms with van der Waals surface area (Å²) in [6, 6.07) is 11.4. The van der Waals surface area contributed by atoms with Gasteiger partial charge in [0.05, 0.1) is 11.0 Å². The molecule has 0 atom stereocenters. The quantitative estimate of drug-likeness (QED) is 0.357. The molecule has 0 radical (unpaired) electrons. The number of aliphatic imine (C=N–C) groups is 2. The fraction of sp³-hybridized carbons (Fsp3) is 0.238. The number of rotatable bonds is 6. The Morgan fingerprint density at radius 2 is 1.93 bits per heavy atom. The summed E-state index contributed by atoms with van der Waals surface area (Å²) >= 11 is 0. The van der Waals surface area contributed by atoms with Crippen molar-refractivity contribution in [3.8, 4) is 11.1 Å². The summed E-state index contributed by atoms with van der Waals surface area (Å²) in [5.41, 5.74) is 6.75. The zero-order chi connectivity index (χ0) is 20.7. The van der Waals surface area contributed by atoms with Crippen LogP contribution in [0.2, 0.25) is 0 Å². The maximum absolute atomic E-state index is 14.4. The molecule has 28 heavy (non-hydrogen) atoms. The molecule has 0 bridgehead atoms. The highest BCUT2D eigenvalue weighted by atomic mass is 19.1. The van der Waals surface area contributed by atoms with E-state index in [-0.39, 0.29) is 24.1 Å². The minimum atomic E-state index is -0.602. The first-order valence-electron chi connectivity index (χ1n) is 8.57. The Morgan fingerprint density at radius 3 is 2.61 bits per heavy atom. The number of halogens is 1. The highest BCUT2D eigenvalue weighted by molar-refractivity contribution is 6.02. The molecule has 0 amide bonds. The van der Waals surface area contributed by atoms with E-state index in [4.69, 9.17) is 10.5 Å². The molecule has 0 aromatic heterocycles. The van der Waals surface area contributed by atoms with Crippen LogP contribution in [0.1, 0.15) is 36.7 Å². The van der Waals surface area contributed by atoms with Crippen molar-refractivity contribution in [1.29, 1.82) is 0 Å². The Morgan fingerprint density at radius 1 is 1.21 bits per heavy atom. The Bertz CT molecular complexity index is 931. The fourth-order valence-electron chi connectivity index (χ4n) is 2.23. The molecule has 0 aliphatic rings. The summed E-state index contributed by atoms with van der Waals surface area (Å²) in [5.74, 6) is -0.791.